The van der Waals surface area contributed by atoms with E-state index < -0.39 is 5.54 Å². The lowest BCUT2D eigenvalue weighted by molar-refractivity contribution is 0.0915. The van der Waals surface area contributed by atoms with Crippen molar-refractivity contribution in [1.29, 1.82) is 0 Å². The highest BCUT2D eigenvalue weighted by atomic mass is 35.5. The SMILES string of the molecule is Cc1ccc(Cl)cc1C(=O)NC(C)(C)CN. The van der Waals surface area contributed by atoms with Gasteiger partial charge in [0.25, 0.3) is 5.91 Å². The predicted molar refractivity (Wildman–Crippen MR) is 66.8 cm³/mol. The number of amides is 1. The normalized spacial score (nSPS) is 11.3. The Hall–Kier alpha value is -1.06. The molecule has 4 heteroatoms. The Morgan fingerprint density at radius 2 is 2.12 bits per heavy atom. The van der Waals surface area contributed by atoms with Crippen molar-refractivity contribution in [1.82, 2.24) is 5.32 Å². The van der Waals surface area contributed by atoms with Crippen molar-refractivity contribution in [2.45, 2.75) is 26.3 Å². The summed E-state index contributed by atoms with van der Waals surface area (Å²) >= 11 is 5.86. The molecular formula is C12H17ClN2O. The van der Waals surface area contributed by atoms with Gasteiger partial charge in [-0.15, -0.1) is 0 Å². The number of rotatable bonds is 3. The minimum atomic E-state index is -0.411. The van der Waals surface area contributed by atoms with Crippen LogP contribution in [0.3, 0.4) is 0 Å². The summed E-state index contributed by atoms with van der Waals surface area (Å²) < 4.78 is 0. The van der Waals surface area contributed by atoms with Gasteiger partial charge in [0.2, 0.25) is 0 Å². The van der Waals surface area contributed by atoms with Gasteiger partial charge in [-0.2, -0.15) is 0 Å². The summed E-state index contributed by atoms with van der Waals surface area (Å²) in [6.45, 7) is 6.02. The Labute approximate surface area is 101 Å². The van der Waals surface area contributed by atoms with E-state index in [1.165, 1.54) is 0 Å². The average molecular weight is 241 g/mol. The lowest BCUT2D eigenvalue weighted by atomic mass is 10.0. The van der Waals surface area contributed by atoms with Crippen molar-refractivity contribution in [3.8, 4) is 0 Å². The fraction of sp³-hybridized carbons (Fsp3) is 0.417. The van der Waals surface area contributed by atoms with Crippen molar-refractivity contribution in [3.63, 3.8) is 0 Å². The van der Waals surface area contributed by atoms with Gasteiger partial charge in [0, 0.05) is 22.7 Å². The minimum Gasteiger partial charge on any atom is -0.346 e. The third kappa shape index (κ3) is 3.22. The fourth-order valence-corrected chi connectivity index (χ4v) is 1.44. The van der Waals surface area contributed by atoms with Crippen molar-refractivity contribution in [3.05, 3.63) is 34.3 Å². The van der Waals surface area contributed by atoms with Crippen LogP contribution in [0.5, 0.6) is 0 Å². The second-order valence-electron chi connectivity index (χ2n) is 4.50. The number of aryl methyl sites for hydroxylation is 1. The van der Waals surface area contributed by atoms with Crippen LogP contribution in [0.1, 0.15) is 29.8 Å². The Morgan fingerprint density at radius 3 is 2.69 bits per heavy atom. The first-order chi connectivity index (χ1) is 7.35. The van der Waals surface area contributed by atoms with Gasteiger partial charge in [0.1, 0.15) is 0 Å². The number of nitrogens with one attached hydrogen (secondary N) is 1. The van der Waals surface area contributed by atoms with E-state index in [0.29, 0.717) is 17.1 Å². The Kier molecular flexibility index (Phi) is 3.94. The summed E-state index contributed by atoms with van der Waals surface area (Å²) in [5.41, 5.74) is 6.64. The number of benzene rings is 1. The molecule has 0 radical (unpaired) electrons. The number of carbonyl (C=O) groups excluding carboxylic acids is 1. The van der Waals surface area contributed by atoms with Crippen LogP contribution >= 0.6 is 11.6 Å². The van der Waals surface area contributed by atoms with Gasteiger partial charge >= 0.3 is 0 Å². The lowest BCUT2D eigenvalue weighted by Gasteiger charge is -2.24. The largest absolute Gasteiger partial charge is 0.346 e. The van der Waals surface area contributed by atoms with E-state index in [0.717, 1.165) is 5.56 Å². The maximum atomic E-state index is 12.0. The molecular weight excluding hydrogens is 224 g/mol. The van der Waals surface area contributed by atoms with Gasteiger partial charge in [-0.3, -0.25) is 4.79 Å². The van der Waals surface area contributed by atoms with E-state index in [-0.39, 0.29) is 5.91 Å². The van der Waals surface area contributed by atoms with Crippen LogP contribution in [0.15, 0.2) is 18.2 Å². The number of hydrogen-bond acceptors (Lipinski definition) is 2. The fourth-order valence-electron chi connectivity index (χ4n) is 1.26. The van der Waals surface area contributed by atoms with E-state index >= 15 is 0 Å². The molecule has 1 rings (SSSR count). The second-order valence-corrected chi connectivity index (χ2v) is 4.94. The molecule has 3 nitrogen and oxygen atoms in total. The highest BCUT2D eigenvalue weighted by Gasteiger charge is 2.20. The molecule has 1 aromatic rings. The molecule has 0 heterocycles. The average Bonchev–Trinajstić information content (AvgIpc) is 2.21. The van der Waals surface area contributed by atoms with Crippen LogP contribution in [0.25, 0.3) is 0 Å². The molecule has 16 heavy (non-hydrogen) atoms. The zero-order chi connectivity index (χ0) is 12.3. The smallest absolute Gasteiger partial charge is 0.252 e. The molecule has 1 aromatic carbocycles. The van der Waals surface area contributed by atoms with Crippen molar-refractivity contribution in [2.24, 2.45) is 5.73 Å². The summed E-state index contributed by atoms with van der Waals surface area (Å²) in [5, 5.41) is 3.42. The molecule has 0 fully saturated rings. The molecule has 0 bridgehead atoms. The van der Waals surface area contributed by atoms with Crippen LogP contribution in [-0.2, 0) is 0 Å². The van der Waals surface area contributed by atoms with Crippen molar-refractivity contribution < 1.29 is 4.79 Å². The van der Waals surface area contributed by atoms with Crippen LogP contribution in [0.2, 0.25) is 5.02 Å². The highest BCUT2D eigenvalue weighted by Crippen LogP contribution is 2.16. The van der Waals surface area contributed by atoms with Crippen molar-refractivity contribution >= 4 is 17.5 Å². The number of carbonyl (C=O) groups is 1. The molecule has 88 valence electrons. The Balaban J connectivity index is 2.93. The van der Waals surface area contributed by atoms with E-state index in [9.17, 15) is 4.79 Å². The van der Waals surface area contributed by atoms with E-state index in [4.69, 9.17) is 17.3 Å². The maximum absolute atomic E-state index is 12.0. The first-order valence-corrected chi connectivity index (χ1v) is 5.52. The Morgan fingerprint density at radius 1 is 1.50 bits per heavy atom. The summed E-state index contributed by atoms with van der Waals surface area (Å²) in [6, 6.07) is 5.26. The van der Waals surface area contributed by atoms with Gasteiger partial charge in [-0.25, -0.2) is 0 Å². The lowest BCUT2D eigenvalue weighted by Crippen LogP contribution is -2.49. The summed E-state index contributed by atoms with van der Waals surface area (Å²) in [4.78, 5) is 12.0. The highest BCUT2D eigenvalue weighted by molar-refractivity contribution is 6.31. The van der Waals surface area contributed by atoms with Crippen LogP contribution < -0.4 is 11.1 Å². The number of nitrogens with two attached hydrogens (primary N) is 1. The second kappa shape index (κ2) is 4.85. The van der Waals surface area contributed by atoms with Crippen LogP contribution in [0, 0.1) is 6.92 Å². The first kappa shape index (κ1) is 13.0. The summed E-state index contributed by atoms with van der Waals surface area (Å²) in [5.74, 6) is -0.143. The number of halogens is 1. The predicted octanol–water partition coefficient (Wildman–Crippen LogP) is 2.12. The van der Waals surface area contributed by atoms with E-state index in [1.807, 2.05) is 26.8 Å². The number of hydrogen-bond donors (Lipinski definition) is 2. The van der Waals surface area contributed by atoms with Crippen LogP contribution in [0.4, 0.5) is 0 Å². The zero-order valence-corrected chi connectivity index (χ0v) is 10.6. The molecule has 0 aromatic heterocycles. The van der Waals surface area contributed by atoms with Gasteiger partial charge in [-0.05, 0) is 38.5 Å². The Bertz CT molecular complexity index is 402. The third-order valence-corrected chi connectivity index (χ3v) is 2.64. The maximum Gasteiger partial charge on any atom is 0.252 e. The molecule has 0 aliphatic heterocycles. The monoisotopic (exact) mass is 240 g/mol. The quantitative estimate of drug-likeness (QED) is 0.850. The minimum absolute atomic E-state index is 0.143. The van der Waals surface area contributed by atoms with Gasteiger partial charge < -0.3 is 11.1 Å². The molecule has 1 amide bonds. The molecule has 0 aliphatic rings. The van der Waals surface area contributed by atoms with E-state index in [2.05, 4.69) is 5.32 Å². The van der Waals surface area contributed by atoms with E-state index in [1.54, 1.807) is 12.1 Å². The molecule has 0 unspecified atom stereocenters. The molecule has 3 N–H and O–H groups in total. The summed E-state index contributed by atoms with van der Waals surface area (Å²) in [6.07, 6.45) is 0. The van der Waals surface area contributed by atoms with Crippen LogP contribution in [-0.4, -0.2) is 18.0 Å². The van der Waals surface area contributed by atoms with Gasteiger partial charge in [0.15, 0.2) is 0 Å². The van der Waals surface area contributed by atoms with Gasteiger partial charge in [0.05, 0.1) is 0 Å². The molecule has 0 aliphatic carbocycles. The molecule has 0 saturated heterocycles. The van der Waals surface area contributed by atoms with Crippen molar-refractivity contribution in [2.75, 3.05) is 6.54 Å². The zero-order valence-electron chi connectivity index (χ0n) is 9.80. The summed E-state index contributed by atoms with van der Waals surface area (Å²) in [7, 11) is 0. The molecule has 0 saturated carbocycles. The standard InChI is InChI=1S/C12H17ClN2O/c1-8-4-5-9(13)6-10(8)11(16)15-12(2,3)7-14/h4-6H,7,14H2,1-3H3,(H,15,16). The van der Waals surface area contributed by atoms with Gasteiger partial charge in [-0.1, -0.05) is 17.7 Å². The molecule has 0 spiro atoms. The topological polar surface area (TPSA) is 55.1 Å². The molecule has 0 atom stereocenters. The first-order valence-electron chi connectivity index (χ1n) is 5.14. The third-order valence-electron chi connectivity index (χ3n) is 2.41.